The third kappa shape index (κ3) is 7.10. The molecule has 0 aliphatic carbocycles. The first-order valence-corrected chi connectivity index (χ1v) is 16.4. The molecule has 0 bridgehead atoms. The van der Waals surface area contributed by atoms with Crippen LogP contribution in [0.2, 0.25) is 0 Å². The van der Waals surface area contributed by atoms with Crippen LogP contribution in [0.5, 0.6) is 23.0 Å². The maximum Gasteiger partial charge on any atom is 0.302 e. The number of methoxy groups -OCH3 is 2. The highest BCUT2D eigenvalue weighted by atomic mass is 16.8. The number of phenols is 1. The summed E-state index contributed by atoms with van der Waals surface area (Å²) in [5, 5.41) is 63.1. The standard InChI is InChI=1S/C34H44O16/c1-14-25(37)27(39)29(41)33(47-14)50-32-28(40)26(38)24(13-44-15(2)35)49-34(32)48-21-8-6-17(10-23(21)43-4)31-19-12-45-30(18(19)11-46-31)16-5-7-20(36)22(9-16)42-3/h5-10,14,18-19,24-34,36-41H,11-13H2,1-4H3/t14-,18-,19+,24-,25+,26-,27-,28+,29-,30-,31+,32+,33+,34-/m1/s1. The highest BCUT2D eigenvalue weighted by Crippen LogP contribution is 2.51. The van der Waals surface area contributed by atoms with Crippen LogP contribution in [0, 0.1) is 11.8 Å². The van der Waals surface area contributed by atoms with Gasteiger partial charge in [-0.25, -0.2) is 0 Å². The second-order valence-electron chi connectivity index (χ2n) is 12.9. The second-order valence-corrected chi connectivity index (χ2v) is 12.9. The summed E-state index contributed by atoms with van der Waals surface area (Å²) in [6.07, 6.45) is -15.4. The highest BCUT2D eigenvalue weighted by Gasteiger charge is 2.52. The Morgan fingerprint density at radius 3 is 2.00 bits per heavy atom. The monoisotopic (exact) mass is 708 g/mol. The van der Waals surface area contributed by atoms with E-state index in [4.69, 9.17) is 42.6 Å². The van der Waals surface area contributed by atoms with Crippen LogP contribution < -0.4 is 14.2 Å². The number of phenolic OH excluding ortho intramolecular Hbond substituents is 1. The summed E-state index contributed by atoms with van der Waals surface area (Å²) < 4.78 is 52.0. The van der Waals surface area contributed by atoms with Gasteiger partial charge in [-0.15, -0.1) is 0 Å². The van der Waals surface area contributed by atoms with E-state index < -0.39 is 74.0 Å². The maximum absolute atomic E-state index is 11.5. The molecule has 6 rings (SSSR count). The Hall–Kier alpha value is -3.29. The molecule has 4 fully saturated rings. The van der Waals surface area contributed by atoms with Crippen molar-refractivity contribution >= 4 is 5.97 Å². The molecule has 16 nitrogen and oxygen atoms in total. The number of hydrogen-bond donors (Lipinski definition) is 6. The van der Waals surface area contributed by atoms with Crippen molar-refractivity contribution in [1.82, 2.24) is 0 Å². The van der Waals surface area contributed by atoms with Gasteiger partial charge in [0.25, 0.3) is 0 Å². The summed E-state index contributed by atoms with van der Waals surface area (Å²) in [5.74, 6) is 0.226. The van der Waals surface area contributed by atoms with Crippen molar-refractivity contribution in [2.24, 2.45) is 11.8 Å². The van der Waals surface area contributed by atoms with Crippen molar-refractivity contribution in [3.63, 3.8) is 0 Å². The fourth-order valence-corrected chi connectivity index (χ4v) is 6.95. The Morgan fingerprint density at radius 1 is 0.760 bits per heavy atom. The van der Waals surface area contributed by atoms with Crippen molar-refractivity contribution < 1.29 is 78.1 Å². The number of aliphatic hydroxyl groups excluding tert-OH is 5. The predicted molar refractivity (Wildman–Crippen MR) is 167 cm³/mol. The molecule has 4 saturated heterocycles. The first kappa shape index (κ1) is 36.5. The molecular formula is C34H44O16. The molecule has 0 radical (unpaired) electrons. The lowest BCUT2D eigenvalue weighted by Crippen LogP contribution is -2.64. The summed E-state index contributed by atoms with van der Waals surface area (Å²) in [7, 11) is 2.93. The molecule has 16 heteroatoms. The fourth-order valence-electron chi connectivity index (χ4n) is 6.95. The van der Waals surface area contributed by atoms with Crippen molar-refractivity contribution in [2.45, 2.75) is 87.5 Å². The minimum absolute atomic E-state index is 0.00702. The lowest BCUT2D eigenvalue weighted by Gasteiger charge is -2.45. The van der Waals surface area contributed by atoms with Gasteiger partial charge in [0.2, 0.25) is 6.29 Å². The van der Waals surface area contributed by atoms with Gasteiger partial charge in [0.1, 0.15) is 43.2 Å². The first-order valence-electron chi connectivity index (χ1n) is 16.4. The van der Waals surface area contributed by atoms with Crippen LogP contribution >= 0.6 is 0 Å². The summed E-state index contributed by atoms with van der Waals surface area (Å²) in [6, 6.07) is 10.3. The van der Waals surface area contributed by atoms with Gasteiger partial charge < -0.3 is 73.3 Å². The Labute approximate surface area is 287 Å². The number of ether oxygens (including phenoxy) is 9. The Morgan fingerprint density at radius 2 is 1.38 bits per heavy atom. The smallest absolute Gasteiger partial charge is 0.302 e. The Bertz CT molecular complexity index is 1490. The van der Waals surface area contributed by atoms with Gasteiger partial charge in [-0.2, -0.15) is 0 Å². The lowest BCUT2D eigenvalue weighted by molar-refractivity contribution is -0.354. The van der Waals surface area contributed by atoms with Crippen LogP contribution in [-0.2, 0) is 33.2 Å². The molecule has 0 spiro atoms. The van der Waals surface area contributed by atoms with Crippen molar-refractivity contribution in [1.29, 1.82) is 0 Å². The van der Waals surface area contributed by atoms with Gasteiger partial charge in [-0.3, -0.25) is 4.79 Å². The van der Waals surface area contributed by atoms with E-state index in [0.717, 1.165) is 11.1 Å². The Balaban J connectivity index is 1.21. The zero-order valence-corrected chi connectivity index (χ0v) is 27.9. The molecule has 0 aromatic heterocycles. The summed E-state index contributed by atoms with van der Waals surface area (Å²) in [5.41, 5.74) is 1.66. The first-order chi connectivity index (χ1) is 23.9. The summed E-state index contributed by atoms with van der Waals surface area (Å²) in [4.78, 5) is 11.5. The topological polar surface area (TPSA) is 222 Å². The largest absolute Gasteiger partial charge is 0.504 e. The molecule has 0 unspecified atom stereocenters. The number of carbonyl (C=O) groups is 1. The van der Waals surface area contributed by atoms with Crippen LogP contribution in [0.15, 0.2) is 36.4 Å². The van der Waals surface area contributed by atoms with Crippen LogP contribution in [0.1, 0.15) is 37.2 Å². The number of aliphatic hydroxyl groups is 5. The molecule has 50 heavy (non-hydrogen) atoms. The quantitative estimate of drug-likeness (QED) is 0.180. The van der Waals surface area contributed by atoms with Gasteiger partial charge in [-0.05, 0) is 42.3 Å². The average Bonchev–Trinajstić information content (AvgIpc) is 3.72. The minimum Gasteiger partial charge on any atom is -0.504 e. The Kier molecular flexibility index (Phi) is 11.0. The van der Waals surface area contributed by atoms with E-state index in [1.165, 1.54) is 28.1 Å². The molecule has 6 N–H and O–H groups in total. The van der Waals surface area contributed by atoms with Crippen molar-refractivity contribution in [3.05, 3.63) is 47.5 Å². The van der Waals surface area contributed by atoms with E-state index in [2.05, 4.69) is 0 Å². The fraction of sp³-hybridized carbons (Fsp3) is 0.618. The number of esters is 1. The van der Waals surface area contributed by atoms with E-state index in [-0.39, 0.29) is 41.3 Å². The molecule has 2 aromatic rings. The molecule has 276 valence electrons. The van der Waals surface area contributed by atoms with Crippen LogP contribution in [0.25, 0.3) is 0 Å². The van der Waals surface area contributed by atoms with Gasteiger partial charge in [0.05, 0.1) is 45.7 Å². The third-order valence-corrected chi connectivity index (χ3v) is 9.75. The highest BCUT2D eigenvalue weighted by molar-refractivity contribution is 5.65. The van der Waals surface area contributed by atoms with E-state index in [1.807, 2.05) is 0 Å². The minimum atomic E-state index is -1.72. The van der Waals surface area contributed by atoms with E-state index >= 15 is 0 Å². The molecule has 0 amide bonds. The van der Waals surface area contributed by atoms with E-state index in [0.29, 0.717) is 19.0 Å². The molecular weight excluding hydrogens is 664 g/mol. The van der Waals surface area contributed by atoms with E-state index in [1.54, 1.807) is 36.4 Å². The number of fused-ring (bicyclic) bond motifs is 1. The molecule has 4 aliphatic heterocycles. The van der Waals surface area contributed by atoms with Gasteiger partial charge in [0, 0.05) is 18.8 Å². The van der Waals surface area contributed by atoms with Gasteiger partial charge in [0.15, 0.2) is 35.4 Å². The summed E-state index contributed by atoms with van der Waals surface area (Å²) >= 11 is 0. The molecule has 2 aromatic carbocycles. The predicted octanol–water partition coefficient (Wildman–Crippen LogP) is 0.0859. The lowest BCUT2D eigenvalue weighted by atomic mass is 9.85. The zero-order valence-electron chi connectivity index (χ0n) is 27.9. The normalized spacial score (nSPS) is 38.3. The average molecular weight is 709 g/mol. The van der Waals surface area contributed by atoms with Crippen molar-refractivity contribution in [2.75, 3.05) is 34.0 Å². The van der Waals surface area contributed by atoms with E-state index in [9.17, 15) is 35.4 Å². The number of aromatic hydroxyl groups is 1. The zero-order chi connectivity index (χ0) is 35.9. The molecule has 14 atom stereocenters. The number of hydrogen-bond acceptors (Lipinski definition) is 16. The number of rotatable bonds is 10. The van der Waals surface area contributed by atoms with Gasteiger partial charge in [-0.1, -0.05) is 12.1 Å². The molecule has 4 heterocycles. The van der Waals surface area contributed by atoms with Crippen molar-refractivity contribution in [3.8, 4) is 23.0 Å². The maximum atomic E-state index is 11.5. The SMILES string of the molecule is COc1cc([C@H]2OC[C@H]3[C@H]2CO[C@H]3c2ccc(O[C@@H]3O[C@H](COC(C)=O)[C@@H](O)[C@H](O)[C@@H]3O[C@@H]3O[C@H](C)[C@H](O)[C@@H](O)[C@H]3O)c(OC)c2)ccc1O. The second kappa shape index (κ2) is 15.1. The molecule has 4 aliphatic rings. The third-order valence-electron chi connectivity index (χ3n) is 9.75. The molecule has 0 saturated carbocycles. The van der Waals surface area contributed by atoms with Crippen LogP contribution in [0.3, 0.4) is 0 Å². The van der Waals surface area contributed by atoms with Crippen LogP contribution in [0.4, 0.5) is 0 Å². The van der Waals surface area contributed by atoms with Gasteiger partial charge >= 0.3 is 5.97 Å². The van der Waals surface area contributed by atoms with Crippen LogP contribution in [-0.4, -0.2) is 132 Å². The number of benzene rings is 2. The summed E-state index contributed by atoms with van der Waals surface area (Å²) in [6.45, 7) is 3.10. The number of carbonyl (C=O) groups excluding carboxylic acids is 1.